The van der Waals surface area contributed by atoms with E-state index in [1.54, 1.807) is 17.5 Å². The average Bonchev–Trinajstić information content (AvgIpc) is 2.97. The molecule has 19 heavy (non-hydrogen) atoms. The minimum absolute atomic E-state index is 0.0458. The van der Waals surface area contributed by atoms with Crippen molar-refractivity contribution < 1.29 is 4.79 Å². The second-order valence-corrected chi connectivity index (χ2v) is 5.08. The lowest BCUT2D eigenvalue weighted by Gasteiger charge is -2.01. The number of hydrogen-bond donors (Lipinski definition) is 0. The fraction of sp³-hybridized carbons (Fsp3) is 0.133. The Labute approximate surface area is 115 Å². The average molecular weight is 268 g/mol. The fourth-order valence-electron chi connectivity index (χ4n) is 1.91. The molecule has 2 aromatic heterocycles. The molecule has 2 heterocycles. The molecule has 3 rings (SSSR count). The minimum Gasteiger partial charge on any atom is -0.292 e. The fourth-order valence-corrected chi connectivity index (χ4v) is 2.62. The van der Waals surface area contributed by atoms with Gasteiger partial charge in [-0.15, -0.1) is 0 Å². The van der Waals surface area contributed by atoms with Crippen LogP contribution in [0.2, 0.25) is 0 Å². The van der Waals surface area contributed by atoms with Gasteiger partial charge < -0.3 is 0 Å². The third kappa shape index (κ3) is 2.69. The van der Waals surface area contributed by atoms with Gasteiger partial charge in [-0.2, -0.15) is 11.3 Å². The monoisotopic (exact) mass is 268 g/mol. The molecule has 94 valence electrons. The van der Waals surface area contributed by atoms with E-state index in [1.165, 1.54) is 5.56 Å². The molecular weight excluding hydrogens is 256 g/mol. The number of fused-ring (bicyclic) bond motifs is 1. The molecule has 0 radical (unpaired) electrons. The minimum atomic E-state index is 0.0458. The quantitative estimate of drug-likeness (QED) is 0.680. The van der Waals surface area contributed by atoms with E-state index in [4.69, 9.17) is 0 Å². The molecule has 0 saturated carbocycles. The number of aromatic nitrogens is 2. The first-order chi connectivity index (χ1) is 9.33. The van der Waals surface area contributed by atoms with Crippen LogP contribution in [0, 0.1) is 0 Å². The van der Waals surface area contributed by atoms with E-state index < -0.39 is 0 Å². The third-order valence-corrected chi connectivity index (χ3v) is 3.69. The molecule has 3 nitrogen and oxygen atoms in total. The summed E-state index contributed by atoms with van der Waals surface area (Å²) in [5.74, 6) is 0.0458. The number of aryl methyl sites for hydroxylation is 1. The highest BCUT2D eigenvalue weighted by molar-refractivity contribution is 7.07. The van der Waals surface area contributed by atoms with E-state index in [1.807, 2.05) is 35.7 Å². The van der Waals surface area contributed by atoms with Crippen molar-refractivity contribution in [2.24, 2.45) is 0 Å². The Morgan fingerprint density at radius 3 is 2.79 bits per heavy atom. The number of nitrogens with zero attached hydrogens (tertiary/aromatic N) is 2. The number of hydrogen-bond acceptors (Lipinski definition) is 4. The van der Waals surface area contributed by atoms with Crippen LogP contribution in [0.3, 0.4) is 0 Å². The molecule has 1 aromatic carbocycles. The molecule has 4 heteroatoms. The molecule has 0 spiro atoms. The van der Waals surface area contributed by atoms with Crippen molar-refractivity contribution in [2.75, 3.05) is 0 Å². The van der Waals surface area contributed by atoms with E-state index >= 15 is 0 Å². The molecule has 0 aliphatic carbocycles. The van der Waals surface area contributed by atoms with Crippen molar-refractivity contribution in [1.29, 1.82) is 0 Å². The first-order valence-electron chi connectivity index (χ1n) is 6.09. The van der Waals surface area contributed by atoms with Crippen LogP contribution in [0.5, 0.6) is 0 Å². The number of benzene rings is 1. The molecule has 0 amide bonds. The molecule has 0 unspecified atom stereocenters. The normalized spacial score (nSPS) is 10.7. The number of Topliss-reactive ketones (excluding diaryl/α,β-unsaturated/α-hetero) is 1. The number of carbonyl (C=O) groups is 1. The van der Waals surface area contributed by atoms with Gasteiger partial charge in [-0.1, -0.05) is 12.1 Å². The predicted octanol–water partition coefficient (Wildman–Crippen LogP) is 3.51. The van der Waals surface area contributed by atoms with Gasteiger partial charge in [0.25, 0.3) is 0 Å². The van der Waals surface area contributed by atoms with Crippen LogP contribution < -0.4 is 0 Å². The van der Waals surface area contributed by atoms with Gasteiger partial charge in [0, 0.05) is 6.42 Å². The van der Waals surface area contributed by atoms with Gasteiger partial charge in [-0.25, -0.2) is 4.98 Å². The zero-order valence-corrected chi connectivity index (χ0v) is 11.1. The van der Waals surface area contributed by atoms with Gasteiger partial charge in [0.05, 0.1) is 17.2 Å². The number of ketones is 1. The first kappa shape index (κ1) is 12.0. The Balaban J connectivity index is 1.77. The lowest BCUT2D eigenvalue weighted by molar-refractivity contribution is 0.0978. The lowest BCUT2D eigenvalue weighted by Crippen LogP contribution is -2.04. The highest BCUT2D eigenvalue weighted by Crippen LogP contribution is 2.12. The number of rotatable bonds is 4. The molecule has 0 saturated heterocycles. The van der Waals surface area contributed by atoms with Crippen LogP contribution >= 0.6 is 11.3 Å². The molecule has 3 aromatic rings. The summed E-state index contributed by atoms with van der Waals surface area (Å²) in [7, 11) is 0. The highest BCUT2D eigenvalue weighted by atomic mass is 32.1. The van der Waals surface area contributed by atoms with Crippen LogP contribution in [-0.4, -0.2) is 15.8 Å². The van der Waals surface area contributed by atoms with Crippen molar-refractivity contribution in [3.05, 3.63) is 58.5 Å². The van der Waals surface area contributed by atoms with Gasteiger partial charge in [-0.05, 0) is 40.9 Å². The van der Waals surface area contributed by atoms with Crippen molar-refractivity contribution >= 4 is 28.2 Å². The summed E-state index contributed by atoms with van der Waals surface area (Å²) in [6, 6.07) is 9.62. The van der Waals surface area contributed by atoms with Crippen LogP contribution in [0.4, 0.5) is 0 Å². The largest absolute Gasteiger partial charge is 0.292 e. The standard InChI is InChI=1S/C15H12N2OS/c18-15(6-5-11-7-8-19-10-11)14-9-16-12-3-1-2-4-13(12)17-14/h1-4,7-10H,5-6H2. The summed E-state index contributed by atoms with van der Waals surface area (Å²) >= 11 is 1.65. The SMILES string of the molecule is O=C(CCc1ccsc1)c1cnc2ccccc2n1. The number of para-hydroxylation sites is 2. The van der Waals surface area contributed by atoms with Gasteiger partial charge in [0.1, 0.15) is 5.69 Å². The summed E-state index contributed by atoms with van der Waals surface area (Å²) in [6.45, 7) is 0. The maximum atomic E-state index is 12.1. The molecule has 0 fully saturated rings. The number of thiophene rings is 1. The zero-order valence-electron chi connectivity index (χ0n) is 10.2. The van der Waals surface area contributed by atoms with E-state index in [0.717, 1.165) is 17.5 Å². The van der Waals surface area contributed by atoms with E-state index in [-0.39, 0.29) is 5.78 Å². The first-order valence-corrected chi connectivity index (χ1v) is 7.03. The second-order valence-electron chi connectivity index (χ2n) is 4.30. The van der Waals surface area contributed by atoms with Gasteiger partial charge in [0.15, 0.2) is 5.78 Å². The highest BCUT2D eigenvalue weighted by Gasteiger charge is 2.09. The van der Waals surface area contributed by atoms with Crippen molar-refractivity contribution in [2.45, 2.75) is 12.8 Å². The number of carbonyl (C=O) groups excluding carboxylic acids is 1. The van der Waals surface area contributed by atoms with Crippen molar-refractivity contribution in [3.63, 3.8) is 0 Å². The smallest absolute Gasteiger partial charge is 0.183 e. The van der Waals surface area contributed by atoms with Gasteiger partial charge in [0.2, 0.25) is 0 Å². The molecule has 0 aliphatic rings. The Morgan fingerprint density at radius 2 is 2.00 bits per heavy atom. The summed E-state index contributed by atoms with van der Waals surface area (Å²) in [4.78, 5) is 20.7. The van der Waals surface area contributed by atoms with Crippen LogP contribution in [-0.2, 0) is 6.42 Å². The van der Waals surface area contributed by atoms with Crippen LogP contribution in [0.25, 0.3) is 11.0 Å². The summed E-state index contributed by atoms with van der Waals surface area (Å²) in [5.41, 5.74) is 3.24. The van der Waals surface area contributed by atoms with Gasteiger partial charge >= 0.3 is 0 Å². The van der Waals surface area contributed by atoms with Crippen LogP contribution in [0.1, 0.15) is 22.5 Å². The zero-order chi connectivity index (χ0) is 13.1. The summed E-state index contributed by atoms with van der Waals surface area (Å²) < 4.78 is 0. The lowest BCUT2D eigenvalue weighted by atomic mass is 10.1. The van der Waals surface area contributed by atoms with E-state index in [0.29, 0.717) is 12.1 Å². The van der Waals surface area contributed by atoms with E-state index in [2.05, 4.69) is 15.3 Å². The topological polar surface area (TPSA) is 42.9 Å². The Bertz CT molecular complexity index is 707. The molecular formula is C15H12N2OS. The maximum absolute atomic E-state index is 12.1. The third-order valence-electron chi connectivity index (χ3n) is 2.96. The Hall–Kier alpha value is -2.07. The van der Waals surface area contributed by atoms with Crippen molar-refractivity contribution in [1.82, 2.24) is 9.97 Å². The molecule has 0 N–H and O–H groups in total. The molecule has 0 atom stereocenters. The maximum Gasteiger partial charge on any atom is 0.183 e. The summed E-state index contributed by atoms with van der Waals surface area (Å²) in [5, 5.41) is 4.09. The van der Waals surface area contributed by atoms with Crippen LogP contribution in [0.15, 0.2) is 47.3 Å². The Kier molecular flexibility index (Phi) is 3.33. The molecule has 0 bridgehead atoms. The van der Waals surface area contributed by atoms with Gasteiger partial charge in [-0.3, -0.25) is 9.78 Å². The van der Waals surface area contributed by atoms with Crippen molar-refractivity contribution in [3.8, 4) is 0 Å². The second kappa shape index (κ2) is 5.28. The van der Waals surface area contributed by atoms with E-state index in [9.17, 15) is 4.79 Å². The summed E-state index contributed by atoms with van der Waals surface area (Å²) in [6.07, 6.45) is 2.80. The molecule has 0 aliphatic heterocycles. The predicted molar refractivity (Wildman–Crippen MR) is 76.5 cm³/mol. The Morgan fingerprint density at radius 1 is 1.16 bits per heavy atom.